The van der Waals surface area contributed by atoms with Crippen LogP contribution in [0.2, 0.25) is 0 Å². The van der Waals surface area contributed by atoms with E-state index in [0.29, 0.717) is 12.1 Å². The molecule has 1 amide bonds. The Morgan fingerprint density at radius 2 is 2.04 bits per heavy atom. The fourth-order valence-electron chi connectivity index (χ4n) is 2.08. The first-order valence-electron chi connectivity index (χ1n) is 7.68. The molecule has 0 aliphatic rings. The number of imidazole rings is 1. The number of nitrogens with one attached hydrogen (secondary N) is 1. The highest BCUT2D eigenvalue weighted by Crippen LogP contribution is 2.21. The standard InChI is InChI=1S/C17H21N3O3S/c1-4-20-10-9-18-17(20)24-12(2)15(21)19-11-13-5-7-14(8-6-13)16(22)23-3/h5-10,12H,4,11H2,1-3H3,(H,19,21)/t12-/m1/s1. The molecule has 128 valence electrons. The topological polar surface area (TPSA) is 73.2 Å². The number of amides is 1. The zero-order chi connectivity index (χ0) is 17.5. The van der Waals surface area contributed by atoms with Gasteiger partial charge in [0, 0.05) is 25.5 Å². The van der Waals surface area contributed by atoms with E-state index in [-0.39, 0.29) is 17.1 Å². The molecule has 1 heterocycles. The van der Waals surface area contributed by atoms with Crippen molar-refractivity contribution in [2.75, 3.05) is 7.11 Å². The van der Waals surface area contributed by atoms with Crippen molar-refractivity contribution in [3.8, 4) is 0 Å². The molecule has 0 bridgehead atoms. The van der Waals surface area contributed by atoms with Crippen LogP contribution in [-0.4, -0.2) is 33.8 Å². The number of hydrogen-bond donors (Lipinski definition) is 1. The zero-order valence-electron chi connectivity index (χ0n) is 14.0. The van der Waals surface area contributed by atoms with E-state index in [0.717, 1.165) is 17.3 Å². The maximum Gasteiger partial charge on any atom is 0.337 e. The van der Waals surface area contributed by atoms with E-state index in [1.807, 2.05) is 24.6 Å². The van der Waals surface area contributed by atoms with Gasteiger partial charge < -0.3 is 14.6 Å². The molecule has 24 heavy (non-hydrogen) atoms. The smallest absolute Gasteiger partial charge is 0.337 e. The van der Waals surface area contributed by atoms with E-state index >= 15 is 0 Å². The molecule has 0 radical (unpaired) electrons. The highest BCUT2D eigenvalue weighted by atomic mass is 32.2. The van der Waals surface area contributed by atoms with Gasteiger partial charge in [-0.1, -0.05) is 23.9 Å². The molecular formula is C17H21N3O3S. The Kier molecular flexibility index (Phi) is 6.43. The van der Waals surface area contributed by atoms with Gasteiger partial charge in [0.2, 0.25) is 5.91 Å². The van der Waals surface area contributed by atoms with E-state index in [1.54, 1.807) is 30.5 Å². The maximum absolute atomic E-state index is 12.2. The monoisotopic (exact) mass is 347 g/mol. The molecule has 0 spiro atoms. The average molecular weight is 347 g/mol. The van der Waals surface area contributed by atoms with Crippen molar-refractivity contribution in [2.24, 2.45) is 0 Å². The fraction of sp³-hybridized carbons (Fsp3) is 0.353. The van der Waals surface area contributed by atoms with Crippen LogP contribution >= 0.6 is 11.8 Å². The summed E-state index contributed by atoms with van der Waals surface area (Å²) in [5.74, 6) is -0.426. The fourth-order valence-corrected chi connectivity index (χ4v) is 3.03. The van der Waals surface area contributed by atoms with Gasteiger partial charge in [-0.15, -0.1) is 0 Å². The third kappa shape index (κ3) is 4.61. The zero-order valence-corrected chi connectivity index (χ0v) is 14.8. The highest BCUT2D eigenvalue weighted by Gasteiger charge is 2.16. The number of carbonyl (C=O) groups is 2. The lowest BCUT2D eigenvalue weighted by Crippen LogP contribution is -2.30. The van der Waals surface area contributed by atoms with E-state index in [1.165, 1.54) is 18.9 Å². The number of thioether (sulfide) groups is 1. The first kappa shape index (κ1) is 18.1. The molecule has 7 heteroatoms. The molecule has 0 saturated heterocycles. The minimum absolute atomic E-state index is 0.0531. The number of nitrogens with zero attached hydrogens (tertiary/aromatic N) is 2. The van der Waals surface area contributed by atoms with Crippen molar-refractivity contribution >= 4 is 23.6 Å². The van der Waals surface area contributed by atoms with Crippen LogP contribution in [0, 0.1) is 0 Å². The van der Waals surface area contributed by atoms with Crippen LogP contribution in [0.25, 0.3) is 0 Å². The second kappa shape index (κ2) is 8.54. The molecule has 1 N–H and O–H groups in total. The number of ether oxygens (including phenoxy) is 1. The number of benzene rings is 1. The first-order valence-corrected chi connectivity index (χ1v) is 8.55. The number of aryl methyl sites for hydroxylation is 1. The van der Waals surface area contributed by atoms with Gasteiger partial charge in [0.1, 0.15) is 0 Å². The molecule has 1 aromatic carbocycles. The normalized spacial score (nSPS) is 11.8. The molecular weight excluding hydrogens is 326 g/mol. The molecule has 6 nitrogen and oxygen atoms in total. The summed E-state index contributed by atoms with van der Waals surface area (Å²) in [6.45, 7) is 5.13. The third-order valence-electron chi connectivity index (χ3n) is 3.51. The van der Waals surface area contributed by atoms with Gasteiger partial charge >= 0.3 is 5.97 Å². The van der Waals surface area contributed by atoms with Gasteiger partial charge in [-0.2, -0.15) is 0 Å². The summed E-state index contributed by atoms with van der Waals surface area (Å²) in [7, 11) is 1.35. The quantitative estimate of drug-likeness (QED) is 0.615. The van der Waals surface area contributed by atoms with E-state index in [4.69, 9.17) is 0 Å². The van der Waals surface area contributed by atoms with Gasteiger partial charge in [-0.25, -0.2) is 9.78 Å². The van der Waals surface area contributed by atoms with E-state index in [9.17, 15) is 9.59 Å². The second-order valence-electron chi connectivity index (χ2n) is 5.16. The Morgan fingerprint density at radius 3 is 2.67 bits per heavy atom. The summed E-state index contributed by atoms with van der Waals surface area (Å²) < 4.78 is 6.66. The van der Waals surface area contributed by atoms with E-state index in [2.05, 4.69) is 15.0 Å². The van der Waals surface area contributed by atoms with Crippen LogP contribution in [0.3, 0.4) is 0 Å². The number of methoxy groups -OCH3 is 1. The average Bonchev–Trinajstić information content (AvgIpc) is 3.06. The van der Waals surface area contributed by atoms with Gasteiger partial charge in [-0.3, -0.25) is 4.79 Å². The Balaban J connectivity index is 1.87. The molecule has 0 fully saturated rings. The SMILES string of the molecule is CCn1ccnc1S[C@H](C)C(=O)NCc1ccc(C(=O)OC)cc1. The summed E-state index contributed by atoms with van der Waals surface area (Å²) in [5.41, 5.74) is 1.41. The predicted octanol–water partition coefficient (Wildman–Crippen LogP) is 2.49. The second-order valence-corrected chi connectivity index (χ2v) is 6.47. The molecule has 2 rings (SSSR count). The summed E-state index contributed by atoms with van der Waals surface area (Å²) >= 11 is 1.43. The van der Waals surface area contributed by atoms with Crippen molar-refractivity contribution in [1.29, 1.82) is 0 Å². The Bertz CT molecular complexity index is 697. The Hall–Kier alpha value is -2.28. The minimum atomic E-state index is -0.373. The van der Waals surface area contributed by atoms with Gasteiger partial charge in [0.05, 0.1) is 17.9 Å². The van der Waals surface area contributed by atoms with Crippen LogP contribution in [0.15, 0.2) is 41.8 Å². The largest absolute Gasteiger partial charge is 0.465 e. The number of esters is 1. The lowest BCUT2D eigenvalue weighted by atomic mass is 10.1. The van der Waals surface area contributed by atoms with Crippen molar-refractivity contribution in [3.63, 3.8) is 0 Å². The first-order chi connectivity index (χ1) is 11.5. The van der Waals surface area contributed by atoms with Crippen molar-refractivity contribution in [1.82, 2.24) is 14.9 Å². The van der Waals surface area contributed by atoms with Crippen LogP contribution in [0.5, 0.6) is 0 Å². The summed E-state index contributed by atoms with van der Waals surface area (Å²) in [5, 5.41) is 3.49. The van der Waals surface area contributed by atoms with Gasteiger partial charge in [0.25, 0.3) is 0 Å². The third-order valence-corrected chi connectivity index (χ3v) is 4.63. The number of rotatable bonds is 7. The van der Waals surface area contributed by atoms with Crippen LogP contribution in [0.1, 0.15) is 29.8 Å². The van der Waals surface area contributed by atoms with Gasteiger partial charge in [0.15, 0.2) is 5.16 Å². The molecule has 1 atom stereocenters. The Morgan fingerprint density at radius 1 is 1.33 bits per heavy atom. The molecule has 2 aromatic rings. The van der Waals surface area contributed by atoms with Crippen LogP contribution < -0.4 is 5.32 Å². The molecule has 1 aromatic heterocycles. The molecule has 0 unspecified atom stereocenters. The number of aromatic nitrogens is 2. The predicted molar refractivity (Wildman–Crippen MR) is 92.8 cm³/mol. The van der Waals surface area contributed by atoms with Crippen LogP contribution in [0.4, 0.5) is 0 Å². The molecule has 0 aliphatic heterocycles. The summed E-state index contributed by atoms with van der Waals surface area (Å²) in [4.78, 5) is 27.9. The number of carbonyl (C=O) groups excluding carboxylic acids is 2. The van der Waals surface area contributed by atoms with E-state index < -0.39 is 0 Å². The molecule has 0 saturated carbocycles. The Labute approximate surface area is 145 Å². The van der Waals surface area contributed by atoms with Crippen molar-refractivity contribution in [3.05, 3.63) is 47.8 Å². The number of hydrogen-bond acceptors (Lipinski definition) is 5. The summed E-state index contributed by atoms with van der Waals surface area (Å²) in [6, 6.07) is 6.97. The van der Waals surface area contributed by atoms with Crippen molar-refractivity contribution in [2.45, 2.75) is 37.3 Å². The van der Waals surface area contributed by atoms with Crippen molar-refractivity contribution < 1.29 is 14.3 Å². The lowest BCUT2D eigenvalue weighted by molar-refractivity contribution is -0.120. The minimum Gasteiger partial charge on any atom is -0.465 e. The van der Waals surface area contributed by atoms with Gasteiger partial charge in [-0.05, 0) is 31.5 Å². The van der Waals surface area contributed by atoms with Crippen LogP contribution in [-0.2, 0) is 22.6 Å². The lowest BCUT2D eigenvalue weighted by Gasteiger charge is -2.12. The highest BCUT2D eigenvalue weighted by molar-refractivity contribution is 8.00. The molecule has 0 aliphatic carbocycles. The maximum atomic E-state index is 12.2. The summed E-state index contributed by atoms with van der Waals surface area (Å²) in [6.07, 6.45) is 3.63.